The highest BCUT2D eigenvalue weighted by molar-refractivity contribution is 9.10. The molecule has 0 saturated carbocycles. The van der Waals surface area contributed by atoms with E-state index in [4.69, 9.17) is 5.73 Å². The van der Waals surface area contributed by atoms with Crippen molar-refractivity contribution in [3.8, 4) is 0 Å². The van der Waals surface area contributed by atoms with E-state index in [1.165, 1.54) is 18.2 Å². The third-order valence-electron chi connectivity index (χ3n) is 2.67. The topological polar surface area (TPSA) is 72.2 Å². The van der Waals surface area contributed by atoms with Crippen molar-refractivity contribution in [3.05, 3.63) is 52.3 Å². The summed E-state index contributed by atoms with van der Waals surface area (Å²) in [5.41, 5.74) is 6.19. The second-order valence-corrected chi connectivity index (χ2v) is 6.82. The van der Waals surface area contributed by atoms with Crippen molar-refractivity contribution in [2.24, 2.45) is 0 Å². The number of hydrogen-bond donors (Lipinski definition) is 2. The fourth-order valence-electron chi connectivity index (χ4n) is 1.68. The molecule has 2 aromatic carbocycles. The molecular formula is C13H12BrFN2O2S. The van der Waals surface area contributed by atoms with Gasteiger partial charge in [0.2, 0.25) is 0 Å². The van der Waals surface area contributed by atoms with E-state index >= 15 is 0 Å². The van der Waals surface area contributed by atoms with E-state index in [1.807, 2.05) is 0 Å². The Labute approximate surface area is 125 Å². The van der Waals surface area contributed by atoms with Crippen LogP contribution >= 0.6 is 15.9 Å². The molecule has 0 bridgehead atoms. The Morgan fingerprint density at radius 1 is 1.20 bits per heavy atom. The zero-order chi connectivity index (χ0) is 14.9. The van der Waals surface area contributed by atoms with Gasteiger partial charge in [0.05, 0.1) is 10.6 Å². The maximum atomic E-state index is 13.6. The standard InChI is InChI=1S/C13H12BrFN2O2S/c1-8-2-3-9(14)6-13(8)20(18,19)17-12-7-10(16)4-5-11(12)15/h2-7,17H,16H2,1H3. The molecule has 4 nitrogen and oxygen atoms in total. The van der Waals surface area contributed by atoms with Crippen LogP contribution in [0.25, 0.3) is 0 Å². The van der Waals surface area contributed by atoms with Crippen molar-refractivity contribution >= 4 is 37.3 Å². The van der Waals surface area contributed by atoms with Crippen molar-refractivity contribution in [1.29, 1.82) is 0 Å². The van der Waals surface area contributed by atoms with Crippen LogP contribution in [0.1, 0.15) is 5.56 Å². The highest BCUT2D eigenvalue weighted by Gasteiger charge is 2.19. The van der Waals surface area contributed by atoms with Crippen molar-refractivity contribution in [2.75, 3.05) is 10.5 Å². The van der Waals surface area contributed by atoms with Gasteiger partial charge in [-0.2, -0.15) is 0 Å². The number of nitrogen functional groups attached to an aromatic ring is 1. The molecule has 0 aliphatic rings. The molecule has 0 aromatic heterocycles. The summed E-state index contributed by atoms with van der Waals surface area (Å²) in [7, 11) is -3.88. The fourth-order valence-corrected chi connectivity index (χ4v) is 3.53. The molecule has 0 atom stereocenters. The van der Waals surface area contributed by atoms with E-state index in [0.29, 0.717) is 10.0 Å². The highest BCUT2D eigenvalue weighted by Crippen LogP contribution is 2.25. The molecule has 0 heterocycles. The van der Waals surface area contributed by atoms with Gasteiger partial charge in [-0.15, -0.1) is 0 Å². The lowest BCUT2D eigenvalue weighted by atomic mass is 10.2. The van der Waals surface area contributed by atoms with Gasteiger partial charge in [0.25, 0.3) is 10.0 Å². The first-order valence-corrected chi connectivity index (χ1v) is 7.91. The summed E-state index contributed by atoms with van der Waals surface area (Å²) in [5, 5.41) is 0. The summed E-state index contributed by atoms with van der Waals surface area (Å²) < 4.78 is 41.0. The van der Waals surface area contributed by atoms with Crippen LogP contribution in [0.2, 0.25) is 0 Å². The van der Waals surface area contributed by atoms with Crippen molar-refractivity contribution in [3.63, 3.8) is 0 Å². The summed E-state index contributed by atoms with van der Waals surface area (Å²) in [6, 6.07) is 8.56. The van der Waals surface area contributed by atoms with E-state index in [2.05, 4.69) is 20.7 Å². The molecule has 0 fully saturated rings. The van der Waals surface area contributed by atoms with Gasteiger partial charge in [0.15, 0.2) is 0 Å². The van der Waals surface area contributed by atoms with Gasteiger partial charge < -0.3 is 5.73 Å². The third-order valence-corrected chi connectivity index (χ3v) is 4.68. The molecule has 0 amide bonds. The number of rotatable bonds is 3. The molecule has 0 aliphatic carbocycles. The first kappa shape index (κ1) is 14.8. The van der Waals surface area contributed by atoms with E-state index in [9.17, 15) is 12.8 Å². The molecule has 0 spiro atoms. The SMILES string of the molecule is Cc1ccc(Br)cc1S(=O)(=O)Nc1cc(N)ccc1F. The minimum absolute atomic E-state index is 0.0775. The monoisotopic (exact) mass is 358 g/mol. The highest BCUT2D eigenvalue weighted by atomic mass is 79.9. The third kappa shape index (κ3) is 3.10. The van der Waals surface area contributed by atoms with Crippen LogP contribution in [0.15, 0.2) is 45.8 Å². The number of halogens is 2. The minimum atomic E-state index is -3.88. The van der Waals surface area contributed by atoms with E-state index < -0.39 is 15.8 Å². The molecule has 0 aliphatic heterocycles. The number of aryl methyl sites for hydroxylation is 1. The average Bonchev–Trinajstić information content (AvgIpc) is 2.36. The molecule has 106 valence electrons. The van der Waals surface area contributed by atoms with Crippen LogP contribution in [0.4, 0.5) is 15.8 Å². The Kier molecular flexibility index (Phi) is 4.01. The quantitative estimate of drug-likeness (QED) is 0.827. The molecule has 2 rings (SSSR count). The van der Waals surface area contributed by atoms with Crippen molar-refractivity contribution in [2.45, 2.75) is 11.8 Å². The maximum Gasteiger partial charge on any atom is 0.262 e. The zero-order valence-electron chi connectivity index (χ0n) is 10.5. The normalized spacial score (nSPS) is 11.3. The van der Waals surface area contributed by atoms with Crippen LogP contribution in [-0.4, -0.2) is 8.42 Å². The van der Waals surface area contributed by atoms with E-state index in [0.717, 1.165) is 6.07 Å². The zero-order valence-corrected chi connectivity index (χ0v) is 12.9. The van der Waals surface area contributed by atoms with E-state index in [1.54, 1.807) is 19.1 Å². The molecule has 3 N–H and O–H groups in total. The number of hydrogen-bond acceptors (Lipinski definition) is 3. The van der Waals surface area contributed by atoms with Crippen molar-refractivity contribution in [1.82, 2.24) is 0 Å². The van der Waals surface area contributed by atoms with Gasteiger partial charge >= 0.3 is 0 Å². The summed E-state index contributed by atoms with van der Waals surface area (Å²) in [4.78, 5) is 0.0775. The summed E-state index contributed by atoms with van der Waals surface area (Å²) in [5.74, 6) is -0.685. The lowest BCUT2D eigenvalue weighted by Crippen LogP contribution is -2.15. The van der Waals surface area contributed by atoms with Crippen molar-refractivity contribution < 1.29 is 12.8 Å². The molecule has 0 unspecified atom stereocenters. The lowest BCUT2D eigenvalue weighted by Gasteiger charge is -2.12. The molecule has 7 heteroatoms. The first-order valence-electron chi connectivity index (χ1n) is 5.63. The number of sulfonamides is 1. The number of anilines is 2. The van der Waals surface area contributed by atoms with Gasteiger partial charge in [-0.1, -0.05) is 22.0 Å². The number of benzene rings is 2. The Morgan fingerprint density at radius 2 is 1.90 bits per heavy atom. The summed E-state index contributed by atoms with van der Waals surface area (Å²) in [6.45, 7) is 1.66. The van der Waals surface area contributed by atoms with Crippen LogP contribution in [-0.2, 0) is 10.0 Å². The van der Waals surface area contributed by atoms with E-state index in [-0.39, 0.29) is 16.3 Å². The molecule has 20 heavy (non-hydrogen) atoms. The van der Waals surface area contributed by atoms with Gasteiger partial charge in [0.1, 0.15) is 5.82 Å². The second kappa shape index (κ2) is 5.41. The average molecular weight is 359 g/mol. The van der Waals surface area contributed by atoms with Gasteiger partial charge in [-0.3, -0.25) is 4.72 Å². The smallest absolute Gasteiger partial charge is 0.262 e. The Morgan fingerprint density at radius 3 is 2.60 bits per heavy atom. The Bertz CT molecular complexity index is 763. The van der Waals surface area contributed by atoms with Crippen LogP contribution < -0.4 is 10.5 Å². The van der Waals surface area contributed by atoms with Gasteiger partial charge in [0, 0.05) is 10.2 Å². The van der Waals surface area contributed by atoms with Crippen LogP contribution in [0, 0.1) is 12.7 Å². The molecule has 0 saturated heterocycles. The fraction of sp³-hybridized carbons (Fsp3) is 0.0769. The van der Waals surface area contributed by atoms with Gasteiger partial charge in [-0.05, 0) is 42.8 Å². The summed E-state index contributed by atoms with van der Waals surface area (Å²) >= 11 is 3.21. The lowest BCUT2D eigenvalue weighted by molar-refractivity contribution is 0.598. The first-order chi connectivity index (χ1) is 9.29. The maximum absolute atomic E-state index is 13.6. The molecular weight excluding hydrogens is 347 g/mol. The van der Waals surface area contributed by atoms with Gasteiger partial charge in [-0.25, -0.2) is 12.8 Å². The molecule has 2 aromatic rings. The minimum Gasteiger partial charge on any atom is -0.399 e. The Balaban J connectivity index is 2.46. The number of nitrogens with two attached hydrogens (primary N) is 1. The molecule has 0 radical (unpaired) electrons. The second-order valence-electron chi connectivity index (χ2n) is 4.25. The summed E-state index contributed by atoms with van der Waals surface area (Å²) in [6.07, 6.45) is 0. The van der Waals surface area contributed by atoms with Crippen LogP contribution in [0.5, 0.6) is 0 Å². The predicted octanol–water partition coefficient (Wildman–Crippen LogP) is 3.28. The Hall–Kier alpha value is -1.60. The van der Waals surface area contributed by atoms with Crippen LogP contribution in [0.3, 0.4) is 0 Å². The predicted molar refractivity (Wildman–Crippen MR) is 80.5 cm³/mol. The largest absolute Gasteiger partial charge is 0.399 e. The number of nitrogens with one attached hydrogen (secondary N) is 1.